The highest BCUT2D eigenvalue weighted by Crippen LogP contribution is 2.37. The lowest BCUT2D eigenvalue weighted by molar-refractivity contribution is -0.131. The summed E-state index contributed by atoms with van der Waals surface area (Å²) in [6.07, 6.45) is -0.683. The van der Waals surface area contributed by atoms with Crippen molar-refractivity contribution in [3.63, 3.8) is 0 Å². The van der Waals surface area contributed by atoms with E-state index in [4.69, 9.17) is 5.73 Å². The molecule has 1 saturated carbocycles. The molecule has 1 aliphatic carbocycles. The van der Waals surface area contributed by atoms with E-state index >= 15 is 0 Å². The predicted molar refractivity (Wildman–Crippen MR) is 136 cm³/mol. The molecule has 6 nitrogen and oxygen atoms in total. The van der Waals surface area contributed by atoms with E-state index in [0.29, 0.717) is 6.42 Å². The Balaban J connectivity index is 1.31. The number of nitrogens with two attached hydrogens (primary N) is 1. The van der Waals surface area contributed by atoms with E-state index in [9.17, 15) is 18.8 Å². The predicted octanol–water partition coefficient (Wildman–Crippen LogP) is 3.56. The fourth-order valence-corrected chi connectivity index (χ4v) is 4.86. The molecule has 1 heterocycles. The van der Waals surface area contributed by atoms with E-state index in [2.05, 4.69) is 52.5 Å². The van der Waals surface area contributed by atoms with Crippen LogP contribution in [0.15, 0.2) is 48.5 Å². The van der Waals surface area contributed by atoms with Gasteiger partial charge in [-0.1, -0.05) is 48.5 Å². The van der Waals surface area contributed by atoms with Crippen LogP contribution in [0.25, 0.3) is 11.1 Å². The first-order valence-corrected chi connectivity index (χ1v) is 12.6. The van der Waals surface area contributed by atoms with Crippen molar-refractivity contribution in [2.75, 3.05) is 33.2 Å². The highest BCUT2D eigenvalue weighted by molar-refractivity contribution is 5.86. The van der Waals surface area contributed by atoms with Crippen molar-refractivity contribution in [2.24, 2.45) is 5.73 Å². The van der Waals surface area contributed by atoms with Gasteiger partial charge in [-0.15, -0.1) is 0 Å². The summed E-state index contributed by atoms with van der Waals surface area (Å²) in [6.45, 7) is 5.35. The van der Waals surface area contributed by atoms with Gasteiger partial charge in [-0.3, -0.25) is 9.69 Å². The number of alkyl halides is 2. The summed E-state index contributed by atoms with van der Waals surface area (Å²) < 4.78 is 26.9. The highest BCUT2D eigenvalue weighted by Gasteiger charge is 2.45. The molecule has 2 fully saturated rings. The zero-order chi connectivity index (χ0) is 25.8. The van der Waals surface area contributed by atoms with Crippen molar-refractivity contribution in [3.05, 3.63) is 59.7 Å². The monoisotopic (exact) mass is 495 g/mol. The van der Waals surface area contributed by atoms with Crippen LogP contribution in [0.5, 0.6) is 0 Å². The number of carbonyl (C=O) groups is 1. The van der Waals surface area contributed by atoms with Gasteiger partial charge in [0, 0.05) is 52.0 Å². The average Bonchev–Trinajstić information content (AvgIpc) is 2.88. The van der Waals surface area contributed by atoms with Gasteiger partial charge in [-0.2, -0.15) is 5.26 Å². The number of benzene rings is 2. The maximum Gasteiger partial charge on any atom is 0.248 e. The first kappa shape index (κ1) is 26.2. The molecule has 4 rings (SSSR count). The van der Waals surface area contributed by atoms with Crippen molar-refractivity contribution in [1.82, 2.24) is 15.1 Å². The number of rotatable bonds is 7. The van der Waals surface area contributed by atoms with Crippen LogP contribution in [0.2, 0.25) is 0 Å². The molecule has 36 heavy (non-hydrogen) atoms. The van der Waals surface area contributed by atoms with Gasteiger partial charge in [0.25, 0.3) is 0 Å². The highest BCUT2D eigenvalue weighted by atomic mass is 19.3. The Kier molecular flexibility index (Phi) is 8.04. The van der Waals surface area contributed by atoms with Gasteiger partial charge >= 0.3 is 0 Å². The second-order valence-electron chi connectivity index (χ2n) is 10.3. The van der Waals surface area contributed by atoms with Gasteiger partial charge in [0.1, 0.15) is 6.04 Å². The van der Waals surface area contributed by atoms with Crippen molar-refractivity contribution >= 4 is 5.91 Å². The molecule has 0 bridgehead atoms. The minimum Gasteiger partial charge on any atom is -0.338 e. The third-order valence-corrected chi connectivity index (χ3v) is 7.47. The zero-order valence-corrected chi connectivity index (χ0v) is 20.9. The Morgan fingerprint density at radius 2 is 1.50 bits per heavy atom. The topological polar surface area (TPSA) is 85.4 Å². The van der Waals surface area contributed by atoms with Gasteiger partial charge in [0.15, 0.2) is 0 Å². The smallest absolute Gasteiger partial charge is 0.248 e. The van der Waals surface area contributed by atoms with Crippen LogP contribution in [-0.2, 0) is 17.8 Å². The molecule has 3 N–H and O–H groups in total. The Labute approximate surface area is 212 Å². The van der Waals surface area contributed by atoms with Crippen LogP contribution in [-0.4, -0.2) is 66.4 Å². The van der Waals surface area contributed by atoms with Crippen LogP contribution in [0.3, 0.4) is 0 Å². The van der Waals surface area contributed by atoms with Crippen molar-refractivity contribution in [2.45, 2.75) is 56.2 Å². The Hall–Kier alpha value is -2.86. The number of hydrogen-bond donors (Lipinski definition) is 2. The molecule has 8 heteroatoms. The summed E-state index contributed by atoms with van der Waals surface area (Å²) in [6, 6.07) is 17.8. The summed E-state index contributed by atoms with van der Waals surface area (Å²) >= 11 is 0. The fraction of sp³-hybridized carbons (Fsp3) is 0.500. The minimum atomic E-state index is -2.77. The van der Waals surface area contributed by atoms with E-state index in [1.54, 1.807) is 0 Å². The normalized spacial score (nSPS) is 20.9. The molecule has 1 atom stereocenters. The van der Waals surface area contributed by atoms with Crippen molar-refractivity contribution in [3.8, 4) is 17.2 Å². The van der Waals surface area contributed by atoms with Crippen molar-refractivity contribution in [1.29, 1.82) is 5.26 Å². The lowest BCUT2D eigenvalue weighted by Gasteiger charge is -2.36. The maximum absolute atomic E-state index is 13.5. The van der Waals surface area contributed by atoms with Crippen molar-refractivity contribution < 1.29 is 13.6 Å². The molecular weight excluding hydrogens is 460 g/mol. The molecular formula is C28H35F2N5O. The number of piperazine rings is 1. The van der Waals surface area contributed by atoms with E-state index in [-0.39, 0.29) is 12.8 Å². The third-order valence-electron chi connectivity index (χ3n) is 7.47. The number of nitrogens with zero attached hydrogens (tertiary/aromatic N) is 3. The second kappa shape index (κ2) is 11.0. The molecule has 0 radical (unpaired) electrons. The number of likely N-dealkylation sites (N-methyl/N-ethyl adjacent to an activating group) is 1. The van der Waals surface area contributed by atoms with Gasteiger partial charge < -0.3 is 16.0 Å². The summed E-state index contributed by atoms with van der Waals surface area (Å²) in [5.41, 5.74) is 9.16. The molecule has 2 aromatic carbocycles. The van der Waals surface area contributed by atoms with E-state index < -0.39 is 36.3 Å². The Morgan fingerprint density at radius 3 is 2.03 bits per heavy atom. The number of halogens is 2. The van der Waals surface area contributed by atoms with Gasteiger partial charge in [-0.05, 0) is 42.1 Å². The van der Waals surface area contributed by atoms with E-state index in [0.717, 1.165) is 49.4 Å². The standard InChI is InChI=1S/C28H35F2N5O/c1-34-14-16-35(17-15-34)20-22-4-8-24(9-5-22)23-6-2-21(3-7-23)18-25(19-31)33-26(36)27(32)10-12-28(29,30)13-11-27/h2-9,25H,10-18,20,32H2,1H3,(H,33,36)/t25-/m0/s1. The molecule has 1 amide bonds. The molecule has 1 aliphatic heterocycles. The number of hydrogen-bond acceptors (Lipinski definition) is 5. The maximum atomic E-state index is 13.5. The van der Waals surface area contributed by atoms with Crippen LogP contribution < -0.4 is 11.1 Å². The van der Waals surface area contributed by atoms with E-state index in [1.807, 2.05) is 24.3 Å². The van der Waals surface area contributed by atoms with Gasteiger partial charge in [-0.25, -0.2) is 8.78 Å². The zero-order valence-electron chi connectivity index (χ0n) is 20.9. The average molecular weight is 496 g/mol. The number of nitrogens with one attached hydrogen (secondary N) is 1. The van der Waals surface area contributed by atoms with Crippen LogP contribution >= 0.6 is 0 Å². The molecule has 192 valence electrons. The number of carbonyl (C=O) groups excluding carboxylic acids is 1. The molecule has 1 saturated heterocycles. The molecule has 0 aromatic heterocycles. The quantitative estimate of drug-likeness (QED) is 0.614. The minimum absolute atomic E-state index is 0.0904. The lowest BCUT2D eigenvalue weighted by Crippen LogP contribution is -2.58. The largest absolute Gasteiger partial charge is 0.338 e. The van der Waals surface area contributed by atoms with E-state index in [1.165, 1.54) is 5.56 Å². The third kappa shape index (κ3) is 6.67. The molecule has 0 unspecified atom stereocenters. The summed E-state index contributed by atoms with van der Waals surface area (Å²) in [7, 11) is 2.16. The van der Waals surface area contributed by atoms with Crippen LogP contribution in [0.1, 0.15) is 36.8 Å². The lowest BCUT2D eigenvalue weighted by atomic mass is 9.80. The molecule has 0 spiro atoms. The summed E-state index contributed by atoms with van der Waals surface area (Å²) in [5.74, 6) is -3.30. The number of amides is 1. The fourth-order valence-electron chi connectivity index (χ4n) is 4.86. The van der Waals surface area contributed by atoms with Crippen LogP contribution in [0.4, 0.5) is 8.78 Å². The molecule has 2 aromatic rings. The van der Waals surface area contributed by atoms with Crippen LogP contribution in [0, 0.1) is 11.3 Å². The van der Waals surface area contributed by atoms with Gasteiger partial charge in [0.2, 0.25) is 11.8 Å². The summed E-state index contributed by atoms with van der Waals surface area (Å²) in [5, 5.41) is 12.2. The SMILES string of the molecule is CN1CCN(Cc2ccc(-c3ccc(C[C@@H](C#N)NC(=O)C4(N)CCC(F)(F)CC4)cc3)cc2)CC1. The Bertz CT molecular complexity index is 1060. The first-order valence-electron chi connectivity index (χ1n) is 12.6. The Morgan fingerprint density at radius 1 is 0.972 bits per heavy atom. The first-order chi connectivity index (χ1) is 17.2. The summed E-state index contributed by atoms with van der Waals surface area (Å²) in [4.78, 5) is 17.5. The van der Waals surface area contributed by atoms with Gasteiger partial charge in [0.05, 0.1) is 11.6 Å². The number of nitriles is 1. The molecule has 2 aliphatic rings. The second-order valence-corrected chi connectivity index (χ2v) is 10.3.